The number of methoxy groups -OCH3 is 1. The van der Waals surface area contributed by atoms with Crippen LogP contribution in [-0.4, -0.2) is 31.6 Å². The minimum absolute atomic E-state index is 0.0104. The number of hydrogen-bond donors (Lipinski definition) is 1. The summed E-state index contributed by atoms with van der Waals surface area (Å²) in [6.07, 6.45) is 1.42. The number of carbonyl (C=O) groups excluding carboxylic acids is 2. The SMILES string of the molecule is COc1cc(/C=C2\SC(=O)NC2=O)ccc1OS(=O)(=O)c1ccccc1[N+](=O)[O-]. The van der Waals surface area contributed by atoms with Gasteiger partial charge in [0.2, 0.25) is 0 Å². The first kappa shape index (κ1) is 20.4. The van der Waals surface area contributed by atoms with Crippen molar-refractivity contribution in [3.05, 3.63) is 63.0 Å². The van der Waals surface area contributed by atoms with Gasteiger partial charge in [0.05, 0.1) is 16.9 Å². The molecule has 0 unspecified atom stereocenters. The highest BCUT2D eigenvalue weighted by Crippen LogP contribution is 2.34. The van der Waals surface area contributed by atoms with Gasteiger partial charge in [0.15, 0.2) is 16.4 Å². The lowest BCUT2D eigenvalue weighted by molar-refractivity contribution is -0.387. The van der Waals surface area contributed by atoms with Gasteiger partial charge in [0, 0.05) is 6.07 Å². The zero-order valence-electron chi connectivity index (χ0n) is 14.6. The minimum Gasteiger partial charge on any atom is -0.493 e. The molecule has 1 aliphatic rings. The molecule has 1 fully saturated rings. The molecule has 0 radical (unpaired) electrons. The number of amides is 2. The number of nitro groups is 1. The van der Waals surface area contributed by atoms with Crippen molar-refractivity contribution in [2.24, 2.45) is 0 Å². The van der Waals surface area contributed by atoms with Crippen LogP contribution in [0, 0.1) is 10.1 Å². The summed E-state index contributed by atoms with van der Waals surface area (Å²) in [5.74, 6) is -0.734. The first-order chi connectivity index (χ1) is 13.7. The van der Waals surface area contributed by atoms with E-state index in [1.165, 1.54) is 43.5 Å². The van der Waals surface area contributed by atoms with Crippen LogP contribution in [0.15, 0.2) is 52.3 Å². The highest BCUT2D eigenvalue weighted by Gasteiger charge is 2.28. The molecule has 150 valence electrons. The van der Waals surface area contributed by atoms with Crippen LogP contribution < -0.4 is 14.2 Å². The van der Waals surface area contributed by atoms with Crippen LogP contribution in [0.1, 0.15) is 5.56 Å². The summed E-state index contributed by atoms with van der Waals surface area (Å²) in [4.78, 5) is 32.7. The van der Waals surface area contributed by atoms with E-state index in [0.29, 0.717) is 5.56 Å². The fourth-order valence-corrected chi connectivity index (χ4v) is 4.19. The molecule has 1 aliphatic heterocycles. The lowest BCUT2D eigenvalue weighted by Crippen LogP contribution is -2.17. The first-order valence-electron chi connectivity index (χ1n) is 7.82. The average Bonchev–Trinajstić information content (AvgIpc) is 2.99. The van der Waals surface area contributed by atoms with Crippen LogP contribution >= 0.6 is 11.8 Å². The normalized spacial score (nSPS) is 15.3. The Labute approximate surface area is 168 Å². The predicted molar refractivity (Wildman–Crippen MR) is 103 cm³/mol. The summed E-state index contributed by atoms with van der Waals surface area (Å²) in [7, 11) is -3.25. The van der Waals surface area contributed by atoms with Gasteiger partial charge in [-0.1, -0.05) is 18.2 Å². The van der Waals surface area contributed by atoms with Crippen LogP contribution in [0.3, 0.4) is 0 Å². The molecule has 12 heteroatoms. The van der Waals surface area contributed by atoms with Gasteiger partial charge in [-0.2, -0.15) is 8.42 Å². The summed E-state index contributed by atoms with van der Waals surface area (Å²) in [6.45, 7) is 0. The van der Waals surface area contributed by atoms with Crippen molar-refractivity contribution in [3.8, 4) is 11.5 Å². The van der Waals surface area contributed by atoms with Crippen molar-refractivity contribution < 1.29 is 31.9 Å². The number of nitrogens with zero attached hydrogens (tertiary/aromatic N) is 1. The van der Waals surface area contributed by atoms with E-state index in [1.54, 1.807) is 0 Å². The number of ether oxygens (including phenoxy) is 1. The van der Waals surface area contributed by atoms with E-state index in [4.69, 9.17) is 8.92 Å². The van der Waals surface area contributed by atoms with Crippen molar-refractivity contribution in [2.45, 2.75) is 4.90 Å². The van der Waals surface area contributed by atoms with Crippen LogP contribution in [0.4, 0.5) is 10.5 Å². The van der Waals surface area contributed by atoms with Crippen molar-refractivity contribution in [1.82, 2.24) is 5.32 Å². The number of rotatable bonds is 6. The second-order valence-electron chi connectivity index (χ2n) is 5.52. The number of imide groups is 1. The Morgan fingerprint density at radius 3 is 2.48 bits per heavy atom. The van der Waals surface area contributed by atoms with Gasteiger partial charge in [-0.25, -0.2) is 0 Å². The Hall–Kier alpha value is -3.38. The fourth-order valence-electron chi connectivity index (χ4n) is 2.40. The van der Waals surface area contributed by atoms with Gasteiger partial charge < -0.3 is 8.92 Å². The quantitative estimate of drug-likeness (QED) is 0.313. The summed E-state index contributed by atoms with van der Waals surface area (Å²) in [5, 5.41) is 12.7. The van der Waals surface area contributed by atoms with Gasteiger partial charge >= 0.3 is 10.1 Å². The number of thioether (sulfide) groups is 1. The first-order valence-corrected chi connectivity index (χ1v) is 10.0. The Balaban J connectivity index is 1.94. The molecule has 1 N–H and O–H groups in total. The third-order valence-electron chi connectivity index (χ3n) is 3.66. The lowest BCUT2D eigenvalue weighted by Gasteiger charge is -2.11. The monoisotopic (exact) mass is 436 g/mol. The zero-order chi connectivity index (χ0) is 21.2. The minimum atomic E-state index is -4.52. The summed E-state index contributed by atoms with van der Waals surface area (Å²) < 4.78 is 35.3. The van der Waals surface area contributed by atoms with E-state index in [-0.39, 0.29) is 16.4 Å². The molecule has 10 nitrogen and oxygen atoms in total. The van der Waals surface area contributed by atoms with Crippen LogP contribution in [0.2, 0.25) is 0 Å². The molecule has 1 heterocycles. The standard InChI is InChI=1S/C17H12N2O8S2/c1-26-13-8-10(9-14-16(20)18-17(21)28-14)6-7-12(13)27-29(24,25)15-5-3-2-4-11(15)19(22)23/h2-9H,1H3,(H,18,20,21)/b14-9-. The van der Waals surface area contributed by atoms with E-state index in [9.17, 15) is 28.1 Å². The third kappa shape index (κ3) is 4.38. The fraction of sp³-hybridized carbons (Fsp3) is 0.0588. The van der Waals surface area contributed by atoms with E-state index in [1.807, 2.05) is 0 Å². The zero-order valence-corrected chi connectivity index (χ0v) is 16.3. The average molecular weight is 436 g/mol. The molecule has 0 aliphatic carbocycles. The van der Waals surface area contributed by atoms with Crippen molar-refractivity contribution >= 4 is 44.8 Å². The van der Waals surface area contributed by atoms with E-state index < -0.39 is 36.8 Å². The maximum absolute atomic E-state index is 12.5. The smallest absolute Gasteiger partial charge is 0.346 e. The molecule has 0 aromatic heterocycles. The Morgan fingerprint density at radius 2 is 1.86 bits per heavy atom. The molecule has 0 bridgehead atoms. The second-order valence-corrected chi connectivity index (χ2v) is 8.05. The number of para-hydroxylation sites is 1. The summed E-state index contributed by atoms with van der Waals surface area (Å²) in [6, 6.07) is 8.89. The largest absolute Gasteiger partial charge is 0.493 e. The molecule has 2 amide bonds. The second kappa shape index (κ2) is 7.93. The number of nitrogens with one attached hydrogen (secondary N) is 1. The number of nitro benzene ring substituents is 1. The Bertz CT molecular complexity index is 1160. The molecule has 0 atom stereocenters. The lowest BCUT2D eigenvalue weighted by atomic mass is 10.2. The van der Waals surface area contributed by atoms with Crippen molar-refractivity contribution in [2.75, 3.05) is 7.11 Å². The highest BCUT2D eigenvalue weighted by molar-refractivity contribution is 8.18. The molecule has 0 spiro atoms. The summed E-state index contributed by atoms with van der Waals surface area (Å²) in [5.41, 5.74) is -0.175. The Kier molecular flexibility index (Phi) is 5.57. The number of hydrogen-bond acceptors (Lipinski definition) is 9. The molecule has 2 aromatic carbocycles. The van der Waals surface area contributed by atoms with Crippen LogP contribution in [0.25, 0.3) is 6.08 Å². The number of carbonyl (C=O) groups is 2. The van der Waals surface area contributed by atoms with Crippen LogP contribution in [0.5, 0.6) is 11.5 Å². The molecule has 2 aromatic rings. The molecule has 29 heavy (non-hydrogen) atoms. The van der Waals surface area contributed by atoms with E-state index >= 15 is 0 Å². The van der Waals surface area contributed by atoms with Crippen molar-refractivity contribution in [3.63, 3.8) is 0 Å². The van der Waals surface area contributed by atoms with Gasteiger partial charge in [-0.15, -0.1) is 0 Å². The summed E-state index contributed by atoms with van der Waals surface area (Å²) >= 11 is 0.727. The van der Waals surface area contributed by atoms with Crippen LogP contribution in [-0.2, 0) is 14.9 Å². The molecule has 3 rings (SSSR count). The maximum Gasteiger partial charge on any atom is 0.346 e. The molecule has 0 saturated carbocycles. The van der Waals surface area contributed by atoms with E-state index in [2.05, 4.69) is 5.32 Å². The van der Waals surface area contributed by atoms with Gasteiger partial charge in [0.25, 0.3) is 16.8 Å². The molecular formula is C17H12N2O8S2. The third-order valence-corrected chi connectivity index (χ3v) is 5.75. The highest BCUT2D eigenvalue weighted by atomic mass is 32.2. The Morgan fingerprint density at radius 1 is 1.14 bits per heavy atom. The number of benzene rings is 2. The van der Waals surface area contributed by atoms with E-state index in [0.717, 1.165) is 23.9 Å². The maximum atomic E-state index is 12.5. The van der Waals surface area contributed by atoms with Gasteiger partial charge in [0.1, 0.15) is 0 Å². The van der Waals surface area contributed by atoms with Crippen molar-refractivity contribution in [1.29, 1.82) is 0 Å². The topological polar surface area (TPSA) is 142 Å². The molecule has 1 saturated heterocycles. The van der Waals surface area contributed by atoms with Gasteiger partial charge in [-0.05, 0) is 41.6 Å². The molecular weight excluding hydrogens is 424 g/mol. The predicted octanol–water partition coefficient (Wildman–Crippen LogP) is 2.70. The van der Waals surface area contributed by atoms with Gasteiger partial charge in [-0.3, -0.25) is 25.0 Å².